The van der Waals surface area contributed by atoms with Crippen molar-refractivity contribution < 1.29 is 27.4 Å². The van der Waals surface area contributed by atoms with Crippen LogP contribution in [0.15, 0.2) is 90.5 Å². The van der Waals surface area contributed by atoms with Gasteiger partial charge in [0.25, 0.3) is 0 Å². The van der Waals surface area contributed by atoms with Gasteiger partial charge < -0.3 is 24.0 Å². The fourth-order valence-electron chi connectivity index (χ4n) is 11.9. The molecule has 292 valence electrons. The van der Waals surface area contributed by atoms with Crippen molar-refractivity contribution in [1.82, 2.24) is 0 Å². The molecule has 1 fully saturated rings. The largest absolute Gasteiger partial charge is 0.497 e. The van der Waals surface area contributed by atoms with Gasteiger partial charge in [-0.2, -0.15) is 13.2 Å². The number of alkyl halides is 3. The maximum Gasteiger partial charge on any atom is 0.427 e. The number of anilines is 2. The fourth-order valence-corrected chi connectivity index (χ4v) is 11.9. The highest BCUT2D eigenvalue weighted by Gasteiger charge is 2.56. The summed E-state index contributed by atoms with van der Waals surface area (Å²) in [5, 5.41) is 1.71. The van der Waals surface area contributed by atoms with Gasteiger partial charge in [0.05, 0.1) is 24.6 Å². The Morgan fingerprint density at radius 2 is 1.46 bits per heavy atom. The van der Waals surface area contributed by atoms with Crippen LogP contribution >= 0.6 is 0 Å². The molecule has 4 atom stereocenters. The van der Waals surface area contributed by atoms with Crippen molar-refractivity contribution in [3.8, 4) is 22.6 Å². The maximum absolute atomic E-state index is 14.7. The summed E-state index contributed by atoms with van der Waals surface area (Å²) >= 11 is 0. The van der Waals surface area contributed by atoms with Crippen molar-refractivity contribution in [3.63, 3.8) is 0 Å². The van der Waals surface area contributed by atoms with Crippen LogP contribution in [0, 0.1) is 16.7 Å². The monoisotopic (exact) mass is 760 g/mol. The van der Waals surface area contributed by atoms with Crippen molar-refractivity contribution in [2.24, 2.45) is 16.7 Å². The molecular formula is C48H51F3N2O3. The Morgan fingerprint density at radius 3 is 2.07 bits per heavy atom. The maximum atomic E-state index is 14.7. The van der Waals surface area contributed by atoms with E-state index in [0.717, 1.165) is 63.6 Å². The molecule has 4 unspecified atom stereocenters. The smallest absolute Gasteiger partial charge is 0.427 e. The number of hydrogen-bond donors (Lipinski definition) is 0. The summed E-state index contributed by atoms with van der Waals surface area (Å²) < 4.78 is 63.3. The van der Waals surface area contributed by atoms with E-state index in [1.54, 1.807) is 21.3 Å². The van der Waals surface area contributed by atoms with E-state index in [0.29, 0.717) is 17.1 Å². The van der Waals surface area contributed by atoms with Gasteiger partial charge in [0.1, 0.15) is 11.5 Å². The Labute approximate surface area is 328 Å². The van der Waals surface area contributed by atoms with Gasteiger partial charge in [-0.05, 0) is 88.1 Å². The molecule has 8 heteroatoms. The third-order valence-electron chi connectivity index (χ3n) is 13.3. The van der Waals surface area contributed by atoms with Crippen LogP contribution in [0.1, 0.15) is 76.1 Å². The van der Waals surface area contributed by atoms with Crippen LogP contribution in [0.3, 0.4) is 0 Å². The quantitative estimate of drug-likeness (QED) is 0.207. The van der Waals surface area contributed by atoms with Crippen molar-refractivity contribution in [2.45, 2.75) is 83.3 Å². The Morgan fingerprint density at radius 1 is 0.821 bits per heavy atom. The first-order valence-corrected chi connectivity index (χ1v) is 19.7. The lowest BCUT2D eigenvalue weighted by atomic mass is 9.52. The minimum atomic E-state index is -4.47. The number of hydrogen-bond acceptors (Lipinski definition) is 5. The predicted octanol–water partition coefficient (Wildman–Crippen LogP) is 11.6. The molecule has 3 aliphatic carbocycles. The summed E-state index contributed by atoms with van der Waals surface area (Å²) in [7, 11) is 6.47. The highest BCUT2D eigenvalue weighted by Crippen LogP contribution is 2.67. The van der Waals surface area contributed by atoms with Crippen molar-refractivity contribution >= 4 is 28.2 Å². The second-order valence-corrected chi connectivity index (χ2v) is 18.4. The lowest BCUT2D eigenvalue weighted by Crippen LogP contribution is -2.50. The average molecular weight is 761 g/mol. The molecule has 5 nitrogen and oxygen atoms in total. The number of rotatable bonds is 4. The third kappa shape index (κ3) is 5.23. The minimum absolute atomic E-state index is 0.0247. The molecule has 2 aliphatic heterocycles. The van der Waals surface area contributed by atoms with Gasteiger partial charge in [-0.3, -0.25) is 0 Å². The third-order valence-corrected chi connectivity index (χ3v) is 13.3. The van der Waals surface area contributed by atoms with Crippen LogP contribution in [-0.4, -0.2) is 46.8 Å². The van der Waals surface area contributed by atoms with Crippen LogP contribution < -0.4 is 19.3 Å². The van der Waals surface area contributed by atoms with Crippen molar-refractivity contribution in [3.05, 3.63) is 113 Å². The highest BCUT2D eigenvalue weighted by atomic mass is 19.4. The lowest BCUT2D eigenvalue weighted by Gasteiger charge is -2.52. The molecule has 56 heavy (non-hydrogen) atoms. The number of benzene rings is 4. The summed E-state index contributed by atoms with van der Waals surface area (Å²) in [6, 6.07) is 20.7. The molecule has 5 aliphatic rings. The number of nitrogens with zero attached hydrogens (tertiary/aromatic N) is 2. The number of ether oxygens (including phenoxy) is 3. The zero-order valence-electron chi connectivity index (χ0n) is 33.8. The van der Waals surface area contributed by atoms with Gasteiger partial charge in [-0.1, -0.05) is 95.3 Å². The van der Waals surface area contributed by atoms with E-state index >= 15 is 0 Å². The number of fused-ring (bicyclic) bond motifs is 11. The average Bonchev–Trinajstić information content (AvgIpc) is 3.55. The van der Waals surface area contributed by atoms with Crippen LogP contribution in [0.25, 0.3) is 28.0 Å². The van der Waals surface area contributed by atoms with Gasteiger partial charge in [-0.25, -0.2) is 0 Å². The van der Waals surface area contributed by atoms with E-state index < -0.39 is 17.9 Å². The Bertz CT molecular complexity index is 2360. The van der Waals surface area contributed by atoms with Crippen molar-refractivity contribution in [1.29, 1.82) is 0 Å². The Hall–Kier alpha value is -4.69. The van der Waals surface area contributed by atoms with Gasteiger partial charge in [0.15, 0.2) is 11.8 Å². The zero-order valence-corrected chi connectivity index (χ0v) is 33.8. The van der Waals surface area contributed by atoms with Crippen LogP contribution in [0.5, 0.6) is 11.5 Å². The van der Waals surface area contributed by atoms with Crippen LogP contribution in [0.2, 0.25) is 0 Å². The first-order valence-electron chi connectivity index (χ1n) is 19.7. The zero-order chi connectivity index (χ0) is 39.7. The minimum Gasteiger partial charge on any atom is -0.497 e. The summed E-state index contributed by atoms with van der Waals surface area (Å²) in [6.45, 7) is 11.7. The van der Waals surface area contributed by atoms with Gasteiger partial charge in [0.2, 0.25) is 0 Å². The van der Waals surface area contributed by atoms with Gasteiger partial charge >= 0.3 is 6.18 Å². The molecule has 1 spiro atoms. The first-order chi connectivity index (χ1) is 26.4. The summed E-state index contributed by atoms with van der Waals surface area (Å²) in [5.74, 6) is 1.49. The standard InChI is InChI=1S/C48H51F3N2O3/c1-28-22-30(16-19-39(28)55-9)47(29-14-17-31(54-8)18-15-29)21-20-33-41-40(32-12-10-11-13-36(32)46(41)26-44(2,3)25-45(4,5)27-46)34-23-37-38(24-35(34)42(33)56-47)53(7)43(52(37)6)48(49,50)51/h10-24,28,39,43H,25-27H2,1-9H3. The molecular weight excluding hydrogens is 710 g/mol. The van der Waals surface area contributed by atoms with Gasteiger partial charge in [-0.15, -0.1) is 0 Å². The molecule has 0 N–H and O–H groups in total. The molecule has 0 aromatic heterocycles. The molecule has 0 bridgehead atoms. The second-order valence-electron chi connectivity index (χ2n) is 18.4. The first kappa shape index (κ1) is 36.9. The summed E-state index contributed by atoms with van der Waals surface area (Å²) in [5.41, 5.74) is 7.40. The molecule has 4 aromatic carbocycles. The van der Waals surface area contributed by atoms with Crippen molar-refractivity contribution in [2.75, 3.05) is 38.1 Å². The summed E-state index contributed by atoms with van der Waals surface area (Å²) in [4.78, 5) is 2.72. The molecule has 9 rings (SSSR count). The lowest BCUT2D eigenvalue weighted by molar-refractivity contribution is -0.145. The Balaban J connectivity index is 1.39. The molecule has 0 radical (unpaired) electrons. The van der Waals surface area contributed by atoms with Gasteiger partial charge in [0, 0.05) is 54.6 Å². The fraction of sp³-hybridized carbons (Fsp3) is 0.417. The van der Waals surface area contributed by atoms with E-state index in [9.17, 15) is 13.2 Å². The Kier molecular flexibility index (Phi) is 8.01. The number of methoxy groups -OCH3 is 2. The van der Waals surface area contributed by atoms with E-state index in [-0.39, 0.29) is 28.3 Å². The predicted molar refractivity (Wildman–Crippen MR) is 220 cm³/mol. The highest BCUT2D eigenvalue weighted by molar-refractivity contribution is 6.12. The summed E-state index contributed by atoms with van der Waals surface area (Å²) in [6.07, 6.45) is 7.50. The molecule has 1 saturated carbocycles. The van der Waals surface area contributed by atoms with E-state index in [2.05, 4.69) is 89.3 Å². The van der Waals surface area contributed by atoms with E-state index in [1.165, 1.54) is 28.0 Å². The molecule has 4 aromatic rings. The SMILES string of the molecule is COc1ccc(C2(C3=CC(C)C(OC)C=C3)C=Cc3c4c(c5cc6c(cc5c3O2)N(C)C(C(F)(F)F)N6C)-c2ccccc2C42CC(C)(C)CC(C)(C)C2)cc1. The normalized spacial score (nSPS) is 26.4. The van der Waals surface area contributed by atoms with E-state index in [1.807, 2.05) is 36.4 Å². The topological polar surface area (TPSA) is 34.2 Å². The molecule has 2 heterocycles. The molecule has 0 amide bonds. The van der Waals surface area contributed by atoms with Crippen LogP contribution in [-0.2, 0) is 15.8 Å². The van der Waals surface area contributed by atoms with Crippen LogP contribution in [0.4, 0.5) is 24.5 Å². The second kappa shape index (κ2) is 12.2. The number of halogens is 3. The molecule has 0 saturated heterocycles. The van der Waals surface area contributed by atoms with E-state index in [4.69, 9.17) is 14.2 Å².